The molecule has 0 heterocycles. The first-order valence-electron chi connectivity index (χ1n) is 8.84. The molecule has 1 aliphatic rings. The third-order valence-corrected chi connectivity index (χ3v) is 4.92. The minimum atomic E-state index is -0.122. The lowest BCUT2D eigenvalue weighted by molar-refractivity contribution is 0.237. The number of hydrogen-bond acceptors (Lipinski definition) is 1. The van der Waals surface area contributed by atoms with Gasteiger partial charge in [0.25, 0.3) is 0 Å². The SMILES string of the molecule is Cc1ccccc1CNC(=O)NC(C)c1ccc2c(c1)CCCC2. The standard InChI is InChI=1S/C21H26N2O/c1-15-7-3-4-10-20(15)14-22-21(24)23-16(2)18-12-11-17-8-5-6-9-19(17)13-18/h3-4,7,10-13,16H,5-6,8-9,14H2,1-2H3,(H2,22,23,24). The predicted octanol–water partition coefficient (Wildman–Crippen LogP) is 4.43. The second-order valence-electron chi connectivity index (χ2n) is 6.71. The largest absolute Gasteiger partial charge is 0.334 e. The minimum absolute atomic E-state index is 0.00842. The average Bonchev–Trinajstić information content (AvgIpc) is 2.60. The molecule has 1 aliphatic carbocycles. The van der Waals surface area contributed by atoms with Gasteiger partial charge in [-0.3, -0.25) is 0 Å². The van der Waals surface area contributed by atoms with Crippen molar-refractivity contribution in [2.45, 2.75) is 52.1 Å². The van der Waals surface area contributed by atoms with E-state index in [0.29, 0.717) is 6.54 Å². The van der Waals surface area contributed by atoms with E-state index in [4.69, 9.17) is 0 Å². The highest BCUT2D eigenvalue weighted by atomic mass is 16.2. The summed E-state index contributed by atoms with van der Waals surface area (Å²) >= 11 is 0. The van der Waals surface area contributed by atoms with Crippen LogP contribution in [-0.4, -0.2) is 6.03 Å². The smallest absolute Gasteiger partial charge is 0.315 e. The zero-order valence-electron chi connectivity index (χ0n) is 14.6. The summed E-state index contributed by atoms with van der Waals surface area (Å²) in [5.74, 6) is 0. The van der Waals surface area contributed by atoms with Gasteiger partial charge in [-0.25, -0.2) is 4.79 Å². The van der Waals surface area contributed by atoms with Crippen LogP contribution in [0.5, 0.6) is 0 Å². The summed E-state index contributed by atoms with van der Waals surface area (Å²) in [6, 6.07) is 14.6. The highest BCUT2D eigenvalue weighted by Gasteiger charge is 2.14. The van der Waals surface area contributed by atoms with Crippen LogP contribution in [0.2, 0.25) is 0 Å². The maximum Gasteiger partial charge on any atom is 0.315 e. The lowest BCUT2D eigenvalue weighted by Crippen LogP contribution is -2.36. The molecule has 3 nitrogen and oxygen atoms in total. The average molecular weight is 322 g/mol. The molecule has 2 N–H and O–H groups in total. The van der Waals surface area contributed by atoms with Crippen LogP contribution in [0.1, 0.15) is 53.6 Å². The van der Waals surface area contributed by atoms with Gasteiger partial charge >= 0.3 is 6.03 Å². The van der Waals surface area contributed by atoms with Crippen LogP contribution in [0.25, 0.3) is 0 Å². The van der Waals surface area contributed by atoms with Gasteiger partial charge in [0.15, 0.2) is 0 Å². The molecule has 0 radical (unpaired) electrons. The number of nitrogens with one attached hydrogen (secondary N) is 2. The molecule has 0 bridgehead atoms. The number of benzene rings is 2. The van der Waals surface area contributed by atoms with Crippen molar-refractivity contribution in [2.24, 2.45) is 0 Å². The Hall–Kier alpha value is -2.29. The van der Waals surface area contributed by atoms with Crippen LogP contribution in [0, 0.1) is 6.92 Å². The molecule has 1 unspecified atom stereocenters. The number of fused-ring (bicyclic) bond motifs is 1. The van der Waals surface area contributed by atoms with Gasteiger partial charge in [-0.2, -0.15) is 0 Å². The zero-order valence-corrected chi connectivity index (χ0v) is 14.6. The van der Waals surface area contributed by atoms with Crippen molar-refractivity contribution in [3.05, 3.63) is 70.3 Å². The quantitative estimate of drug-likeness (QED) is 0.859. The summed E-state index contributed by atoms with van der Waals surface area (Å²) in [6.45, 7) is 4.65. The number of carbonyl (C=O) groups is 1. The first-order valence-corrected chi connectivity index (χ1v) is 8.84. The van der Waals surface area contributed by atoms with Crippen LogP contribution in [-0.2, 0) is 19.4 Å². The monoisotopic (exact) mass is 322 g/mol. The summed E-state index contributed by atoms with van der Waals surface area (Å²) in [6.07, 6.45) is 4.92. The van der Waals surface area contributed by atoms with E-state index in [-0.39, 0.29) is 12.1 Å². The Labute approximate surface area is 144 Å². The normalized spacial score (nSPS) is 14.6. The molecule has 0 saturated heterocycles. The van der Waals surface area contributed by atoms with Crippen molar-refractivity contribution in [1.82, 2.24) is 10.6 Å². The van der Waals surface area contributed by atoms with Gasteiger partial charge in [-0.15, -0.1) is 0 Å². The summed E-state index contributed by atoms with van der Waals surface area (Å²) in [5.41, 5.74) is 6.45. The molecule has 0 aliphatic heterocycles. The summed E-state index contributed by atoms with van der Waals surface area (Å²) < 4.78 is 0. The van der Waals surface area contributed by atoms with E-state index >= 15 is 0 Å². The zero-order chi connectivity index (χ0) is 16.9. The molecule has 0 aromatic heterocycles. The van der Waals surface area contributed by atoms with Crippen molar-refractivity contribution >= 4 is 6.03 Å². The summed E-state index contributed by atoms with van der Waals surface area (Å²) in [7, 11) is 0. The van der Waals surface area contributed by atoms with E-state index in [0.717, 1.165) is 12.0 Å². The fourth-order valence-electron chi connectivity index (χ4n) is 3.34. The van der Waals surface area contributed by atoms with Gasteiger partial charge in [-0.1, -0.05) is 42.5 Å². The third kappa shape index (κ3) is 3.97. The van der Waals surface area contributed by atoms with Crippen molar-refractivity contribution in [3.63, 3.8) is 0 Å². The van der Waals surface area contributed by atoms with Gasteiger partial charge < -0.3 is 10.6 Å². The third-order valence-electron chi connectivity index (χ3n) is 4.92. The molecule has 126 valence electrons. The van der Waals surface area contributed by atoms with Gasteiger partial charge in [0.05, 0.1) is 6.04 Å². The number of hydrogen-bond donors (Lipinski definition) is 2. The topological polar surface area (TPSA) is 41.1 Å². The van der Waals surface area contributed by atoms with E-state index in [9.17, 15) is 4.79 Å². The molecule has 24 heavy (non-hydrogen) atoms. The predicted molar refractivity (Wildman–Crippen MR) is 98.0 cm³/mol. The van der Waals surface area contributed by atoms with Crippen LogP contribution < -0.4 is 10.6 Å². The molecule has 2 aromatic carbocycles. The number of aryl methyl sites for hydroxylation is 3. The molecule has 0 saturated carbocycles. The van der Waals surface area contributed by atoms with E-state index in [1.807, 2.05) is 25.1 Å². The highest BCUT2D eigenvalue weighted by molar-refractivity contribution is 5.74. The number of urea groups is 1. The fourth-order valence-corrected chi connectivity index (χ4v) is 3.34. The van der Waals surface area contributed by atoms with Crippen LogP contribution in [0.4, 0.5) is 4.79 Å². The van der Waals surface area contributed by atoms with Gasteiger partial charge in [0.1, 0.15) is 0 Å². The Morgan fingerprint density at radius 3 is 2.62 bits per heavy atom. The minimum Gasteiger partial charge on any atom is -0.334 e. The number of amides is 2. The Bertz CT molecular complexity index is 724. The van der Waals surface area contributed by atoms with Crippen LogP contribution in [0.15, 0.2) is 42.5 Å². The molecule has 0 fully saturated rings. The van der Waals surface area contributed by atoms with Gasteiger partial charge in [0, 0.05) is 6.54 Å². The molecule has 2 aromatic rings. The van der Waals surface area contributed by atoms with Gasteiger partial charge in [-0.05, 0) is 67.3 Å². The molecule has 0 spiro atoms. The summed E-state index contributed by atoms with van der Waals surface area (Å²) in [5, 5.41) is 6.00. The molecule has 3 heteroatoms. The Morgan fingerprint density at radius 2 is 1.83 bits per heavy atom. The maximum atomic E-state index is 12.2. The lowest BCUT2D eigenvalue weighted by atomic mass is 9.89. The highest BCUT2D eigenvalue weighted by Crippen LogP contribution is 2.24. The summed E-state index contributed by atoms with van der Waals surface area (Å²) in [4.78, 5) is 12.2. The van der Waals surface area contributed by atoms with E-state index in [1.165, 1.54) is 41.5 Å². The molecule has 1 atom stereocenters. The van der Waals surface area contributed by atoms with Crippen LogP contribution in [0.3, 0.4) is 0 Å². The fraction of sp³-hybridized carbons (Fsp3) is 0.381. The van der Waals surface area contributed by atoms with Gasteiger partial charge in [0.2, 0.25) is 0 Å². The Balaban J connectivity index is 1.57. The van der Waals surface area contributed by atoms with Crippen molar-refractivity contribution in [2.75, 3.05) is 0 Å². The molecule has 2 amide bonds. The van der Waals surface area contributed by atoms with E-state index in [2.05, 4.69) is 41.8 Å². The Morgan fingerprint density at radius 1 is 1.08 bits per heavy atom. The van der Waals surface area contributed by atoms with Crippen molar-refractivity contribution < 1.29 is 4.79 Å². The molecule has 3 rings (SSSR count). The first kappa shape index (κ1) is 16.6. The first-order chi connectivity index (χ1) is 11.6. The lowest BCUT2D eigenvalue weighted by Gasteiger charge is -2.20. The van der Waals surface area contributed by atoms with E-state index < -0.39 is 0 Å². The van der Waals surface area contributed by atoms with Crippen molar-refractivity contribution in [1.29, 1.82) is 0 Å². The number of rotatable bonds is 4. The second-order valence-corrected chi connectivity index (χ2v) is 6.71. The molecular formula is C21H26N2O. The van der Waals surface area contributed by atoms with Crippen molar-refractivity contribution in [3.8, 4) is 0 Å². The second kappa shape index (κ2) is 7.52. The Kier molecular flexibility index (Phi) is 5.19. The molecular weight excluding hydrogens is 296 g/mol. The van der Waals surface area contributed by atoms with Crippen LogP contribution >= 0.6 is 0 Å². The van der Waals surface area contributed by atoms with E-state index in [1.54, 1.807) is 0 Å². The number of carbonyl (C=O) groups excluding carboxylic acids is 1. The maximum absolute atomic E-state index is 12.2.